The summed E-state index contributed by atoms with van der Waals surface area (Å²) in [6.07, 6.45) is 2.85. The van der Waals surface area contributed by atoms with Gasteiger partial charge in [0.2, 0.25) is 0 Å². The number of rotatable bonds is 3. The van der Waals surface area contributed by atoms with Crippen LogP contribution in [0.3, 0.4) is 0 Å². The van der Waals surface area contributed by atoms with E-state index in [1.54, 1.807) is 0 Å². The molecule has 3 unspecified atom stereocenters. The lowest BCUT2D eigenvalue weighted by Crippen LogP contribution is -2.52. The topological polar surface area (TPSA) is 24.5 Å². The first-order valence-corrected chi connectivity index (χ1v) is 7.49. The third-order valence-electron chi connectivity index (χ3n) is 4.50. The third kappa shape index (κ3) is 2.83. The largest absolute Gasteiger partial charge is 0.377 e. The lowest BCUT2D eigenvalue weighted by atomic mass is 9.99. The molecule has 3 nitrogen and oxygen atoms in total. The molecule has 2 heterocycles. The van der Waals surface area contributed by atoms with Gasteiger partial charge in [0.15, 0.2) is 0 Å². The predicted molar refractivity (Wildman–Crippen MR) is 77.2 cm³/mol. The van der Waals surface area contributed by atoms with Crippen LogP contribution in [0.15, 0.2) is 30.3 Å². The fourth-order valence-electron chi connectivity index (χ4n) is 3.39. The Morgan fingerprint density at radius 1 is 1.32 bits per heavy atom. The number of benzene rings is 1. The highest BCUT2D eigenvalue weighted by molar-refractivity contribution is 5.20. The molecule has 3 heteroatoms. The Hall–Kier alpha value is -0.900. The van der Waals surface area contributed by atoms with Crippen molar-refractivity contribution >= 4 is 0 Å². The van der Waals surface area contributed by atoms with Gasteiger partial charge >= 0.3 is 0 Å². The molecule has 0 radical (unpaired) electrons. The van der Waals surface area contributed by atoms with Crippen molar-refractivity contribution in [1.29, 1.82) is 0 Å². The molecule has 2 fully saturated rings. The number of hydrogen-bond acceptors (Lipinski definition) is 3. The van der Waals surface area contributed by atoms with Crippen LogP contribution >= 0.6 is 0 Å². The molecule has 1 N–H and O–H groups in total. The molecule has 1 aromatic rings. The quantitative estimate of drug-likeness (QED) is 0.901. The van der Waals surface area contributed by atoms with Gasteiger partial charge in [0.1, 0.15) is 0 Å². The molecule has 2 saturated heterocycles. The van der Waals surface area contributed by atoms with Crippen molar-refractivity contribution in [2.24, 2.45) is 0 Å². The van der Waals surface area contributed by atoms with E-state index in [9.17, 15) is 0 Å². The van der Waals surface area contributed by atoms with E-state index in [0.29, 0.717) is 18.2 Å². The predicted octanol–water partition coefficient (Wildman–Crippen LogP) is 2.20. The molecule has 0 aliphatic carbocycles. The van der Waals surface area contributed by atoms with Crippen molar-refractivity contribution in [2.45, 2.75) is 38.0 Å². The minimum atomic E-state index is 0.421. The molecule has 104 valence electrons. The van der Waals surface area contributed by atoms with Gasteiger partial charge in [0.25, 0.3) is 0 Å². The van der Waals surface area contributed by atoms with Crippen LogP contribution in [0.5, 0.6) is 0 Å². The molecule has 0 saturated carbocycles. The third-order valence-corrected chi connectivity index (χ3v) is 4.50. The standard InChI is InChI=1S/C16H24N2O/c1-13(16-8-5-11-19-16)18-10-9-17-12-15(18)14-6-3-2-4-7-14/h2-4,6-7,13,15-17H,5,8-12H2,1H3. The molecule has 0 bridgehead atoms. The fourth-order valence-corrected chi connectivity index (χ4v) is 3.39. The summed E-state index contributed by atoms with van der Waals surface area (Å²) in [6.45, 7) is 6.51. The zero-order chi connectivity index (χ0) is 13.1. The Labute approximate surface area is 115 Å². The number of ether oxygens (including phenoxy) is 1. The number of piperazine rings is 1. The normalized spacial score (nSPS) is 30.4. The van der Waals surface area contributed by atoms with Crippen LogP contribution in [-0.4, -0.2) is 43.3 Å². The van der Waals surface area contributed by atoms with E-state index in [2.05, 4.69) is 47.5 Å². The van der Waals surface area contributed by atoms with Gasteiger partial charge in [-0.1, -0.05) is 30.3 Å². The summed E-state index contributed by atoms with van der Waals surface area (Å²) in [7, 11) is 0. The van der Waals surface area contributed by atoms with Crippen LogP contribution in [0, 0.1) is 0 Å². The van der Waals surface area contributed by atoms with E-state index in [1.165, 1.54) is 18.4 Å². The molecule has 2 aliphatic heterocycles. The molecule has 3 atom stereocenters. The van der Waals surface area contributed by atoms with Crippen molar-refractivity contribution in [2.75, 3.05) is 26.2 Å². The Bertz CT molecular complexity index is 389. The molecule has 19 heavy (non-hydrogen) atoms. The second kappa shape index (κ2) is 6.04. The first-order chi connectivity index (χ1) is 9.36. The minimum Gasteiger partial charge on any atom is -0.377 e. The fraction of sp³-hybridized carbons (Fsp3) is 0.625. The Morgan fingerprint density at radius 2 is 2.16 bits per heavy atom. The zero-order valence-corrected chi connectivity index (χ0v) is 11.7. The summed E-state index contributed by atoms with van der Waals surface area (Å²) in [4.78, 5) is 2.63. The summed E-state index contributed by atoms with van der Waals surface area (Å²) >= 11 is 0. The second-order valence-corrected chi connectivity index (χ2v) is 5.66. The molecule has 1 aromatic carbocycles. The van der Waals surface area contributed by atoms with Crippen molar-refractivity contribution in [3.8, 4) is 0 Å². The van der Waals surface area contributed by atoms with Gasteiger partial charge < -0.3 is 10.1 Å². The van der Waals surface area contributed by atoms with Gasteiger partial charge in [0, 0.05) is 38.3 Å². The SMILES string of the molecule is CC(C1CCCO1)N1CCNCC1c1ccccc1. The van der Waals surface area contributed by atoms with Crippen molar-refractivity contribution in [1.82, 2.24) is 10.2 Å². The van der Waals surface area contributed by atoms with E-state index >= 15 is 0 Å². The summed E-state index contributed by atoms with van der Waals surface area (Å²) < 4.78 is 5.89. The molecule has 0 aromatic heterocycles. The average molecular weight is 260 g/mol. The summed E-state index contributed by atoms with van der Waals surface area (Å²) in [5.74, 6) is 0. The maximum absolute atomic E-state index is 5.89. The molecular formula is C16H24N2O. The van der Waals surface area contributed by atoms with Crippen LogP contribution in [-0.2, 0) is 4.74 Å². The minimum absolute atomic E-state index is 0.421. The Morgan fingerprint density at radius 3 is 2.89 bits per heavy atom. The monoisotopic (exact) mass is 260 g/mol. The number of nitrogens with one attached hydrogen (secondary N) is 1. The molecule has 3 rings (SSSR count). The van der Waals surface area contributed by atoms with Crippen molar-refractivity contribution in [3.63, 3.8) is 0 Å². The molecule has 0 spiro atoms. The van der Waals surface area contributed by atoms with Crippen LogP contribution in [0.1, 0.15) is 31.4 Å². The van der Waals surface area contributed by atoms with Gasteiger partial charge in [-0.2, -0.15) is 0 Å². The first-order valence-electron chi connectivity index (χ1n) is 7.49. The highest BCUT2D eigenvalue weighted by atomic mass is 16.5. The van der Waals surface area contributed by atoms with Gasteiger partial charge in [-0.25, -0.2) is 0 Å². The van der Waals surface area contributed by atoms with Gasteiger partial charge in [-0.05, 0) is 25.3 Å². The molecule has 0 amide bonds. The number of nitrogens with zero attached hydrogens (tertiary/aromatic N) is 1. The van der Waals surface area contributed by atoms with E-state index in [4.69, 9.17) is 4.74 Å². The van der Waals surface area contributed by atoms with Crippen molar-refractivity contribution < 1.29 is 4.74 Å². The van der Waals surface area contributed by atoms with Crippen molar-refractivity contribution in [3.05, 3.63) is 35.9 Å². The maximum atomic E-state index is 5.89. The maximum Gasteiger partial charge on any atom is 0.0728 e. The van der Waals surface area contributed by atoms with E-state index in [0.717, 1.165) is 26.2 Å². The second-order valence-electron chi connectivity index (χ2n) is 5.66. The van der Waals surface area contributed by atoms with Crippen LogP contribution in [0.2, 0.25) is 0 Å². The number of hydrogen-bond donors (Lipinski definition) is 1. The van der Waals surface area contributed by atoms with Crippen LogP contribution < -0.4 is 5.32 Å². The molecule has 2 aliphatic rings. The summed E-state index contributed by atoms with van der Waals surface area (Å²) in [5.41, 5.74) is 1.42. The highest BCUT2D eigenvalue weighted by Crippen LogP contribution is 2.28. The van der Waals surface area contributed by atoms with Crippen LogP contribution in [0.25, 0.3) is 0 Å². The van der Waals surface area contributed by atoms with Crippen LogP contribution in [0.4, 0.5) is 0 Å². The van der Waals surface area contributed by atoms with Gasteiger partial charge in [-0.15, -0.1) is 0 Å². The lowest BCUT2D eigenvalue weighted by Gasteiger charge is -2.42. The smallest absolute Gasteiger partial charge is 0.0728 e. The molecular weight excluding hydrogens is 236 g/mol. The van der Waals surface area contributed by atoms with E-state index in [-0.39, 0.29) is 0 Å². The summed E-state index contributed by atoms with van der Waals surface area (Å²) in [6, 6.07) is 11.8. The van der Waals surface area contributed by atoms with Gasteiger partial charge in [-0.3, -0.25) is 4.90 Å². The average Bonchev–Trinajstić information content (AvgIpc) is 3.02. The highest BCUT2D eigenvalue weighted by Gasteiger charge is 2.33. The van der Waals surface area contributed by atoms with E-state index < -0.39 is 0 Å². The zero-order valence-electron chi connectivity index (χ0n) is 11.7. The lowest BCUT2D eigenvalue weighted by molar-refractivity contribution is 0.00380. The Balaban J connectivity index is 1.77. The van der Waals surface area contributed by atoms with Gasteiger partial charge in [0.05, 0.1) is 6.10 Å². The Kier molecular flexibility index (Phi) is 4.16. The first kappa shape index (κ1) is 13.1. The summed E-state index contributed by atoms with van der Waals surface area (Å²) in [5, 5.41) is 3.53. The van der Waals surface area contributed by atoms with E-state index in [1.807, 2.05) is 0 Å².